The second-order valence-corrected chi connectivity index (χ2v) is 6.34. The van der Waals surface area contributed by atoms with Crippen molar-refractivity contribution in [1.82, 2.24) is 5.32 Å². The van der Waals surface area contributed by atoms with Gasteiger partial charge < -0.3 is 5.32 Å². The zero-order valence-electron chi connectivity index (χ0n) is 11.1. The molecule has 1 aliphatic carbocycles. The highest BCUT2D eigenvalue weighted by Crippen LogP contribution is 2.43. The summed E-state index contributed by atoms with van der Waals surface area (Å²) in [6.45, 7) is 5.49. The molecule has 1 unspecified atom stereocenters. The first kappa shape index (κ1) is 14.0. The summed E-state index contributed by atoms with van der Waals surface area (Å²) in [6, 6.07) is 5.52. The molecule has 1 aliphatic rings. The normalized spacial score (nSPS) is 19.3. The Hall–Kier alpha value is -0.410. The number of halogens is 2. The molecule has 100 valence electrons. The van der Waals surface area contributed by atoms with Crippen molar-refractivity contribution in [3.05, 3.63) is 34.1 Å². The van der Waals surface area contributed by atoms with E-state index in [4.69, 9.17) is 0 Å². The molecule has 0 heterocycles. The average Bonchev–Trinajstić information content (AvgIpc) is 2.31. The van der Waals surface area contributed by atoms with Crippen molar-refractivity contribution in [3.63, 3.8) is 0 Å². The third kappa shape index (κ3) is 2.94. The molecule has 0 aliphatic heterocycles. The smallest absolute Gasteiger partial charge is 0.137 e. The van der Waals surface area contributed by atoms with E-state index in [-0.39, 0.29) is 11.9 Å². The van der Waals surface area contributed by atoms with Crippen LogP contribution in [0.5, 0.6) is 0 Å². The Balaban J connectivity index is 1.94. The summed E-state index contributed by atoms with van der Waals surface area (Å²) in [6.07, 6.45) is 5.30. The summed E-state index contributed by atoms with van der Waals surface area (Å²) in [5.41, 5.74) is 1.65. The Kier molecular flexibility index (Phi) is 4.44. The van der Waals surface area contributed by atoms with Crippen LogP contribution in [0.4, 0.5) is 4.39 Å². The minimum Gasteiger partial charge on any atom is -0.310 e. The molecule has 0 aromatic heterocycles. The molecule has 1 nitrogen and oxygen atoms in total. The van der Waals surface area contributed by atoms with Gasteiger partial charge in [0.05, 0.1) is 4.47 Å². The Morgan fingerprint density at radius 2 is 2.17 bits per heavy atom. The predicted molar refractivity (Wildman–Crippen MR) is 77.1 cm³/mol. The molecule has 1 aromatic carbocycles. The average molecular weight is 314 g/mol. The third-order valence-electron chi connectivity index (χ3n) is 4.39. The van der Waals surface area contributed by atoms with Crippen molar-refractivity contribution in [2.75, 3.05) is 6.54 Å². The Morgan fingerprint density at radius 1 is 1.44 bits per heavy atom. The predicted octanol–water partition coefficient (Wildman–Crippen LogP) is 4.82. The summed E-state index contributed by atoms with van der Waals surface area (Å²) in [5.74, 6) is -0.199. The molecule has 3 heteroatoms. The first-order valence-corrected chi connectivity index (χ1v) is 7.54. The topological polar surface area (TPSA) is 12.0 Å². The third-order valence-corrected chi connectivity index (χ3v) is 5.00. The Morgan fingerprint density at radius 3 is 2.67 bits per heavy atom. The minimum atomic E-state index is -0.199. The second-order valence-electron chi connectivity index (χ2n) is 5.48. The van der Waals surface area contributed by atoms with Gasteiger partial charge in [0.2, 0.25) is 0 Å². The van der Waals surface area contributed by atoms with Crippen molar-refractivity contribution in [2.45, 2.75) is 45.6 Å². The highest BCUT2D eigenvalue weighted by molar-refractivity contribution is 9.10. The molecule has 1 aromatic rings. The second kappa shape index (κ2) is 5.70. The van der Waals surface area contributed by atoms with Crippen LogP contribution in [-0.4, -0.2) is 6.54 Å². The summed E-state index contributed by atoms with van der Waals surface area (Å²) in [4.78, 5) is 0. The van der Waals surface area contributed by atoms with E-state index in [9.17, 15) is 4.39 Å². The molecule has 0 spiro atoms. The summed E-state index contributed by atoms with van der Waals surface area (Å²) < 4.78 is 13.7. The maximum absolute atomic E-state index is 13.2. The number of hydrogen-bond acceptors (Lipinski definition) is 1. The molecule has 18 heavy (non-hydrogen) atoms. The van der Waals surface area contributed by atoms with Gasteiger partial charge in [-0.25, -0.2) is 4.39 Å². The number of benzene rings is 1. The molecular formula is C15H21BrFN. The first-order chi connectivity index (χ1) is 8.56. The van der Waals surface area contributed by atoms with E-state index in [0.29, 0.717) is 9.89 Å². The van der Waals surface area contributed by atoms with E-state index in [1.165, 1.54) is 31.7 Å². The number of nitrogens with one attached hydrogen (secondary N) is 1. The van der Waals surface area contributed by atoms with Gasteiger partial charge in [-0.1, -0.05) is 19.4 Å². The van der Waals surface area contributed by atoms with Gasteiger partial charge in [-0.2, -0.15) is 0 Å². The summed E-state index contributed by atoms with van der Waals surface area (Å²) in [5, 5.41) is 3.60. The Labute approximate surface area is 117 Å². The fourth-order valence-corrected chi connectivity index (χ4v) is 3.00. The molecule has 0 radical (unpaired) electrons. The van der Waals surface area contributed by atoms with E-state index >= 15 is 0 Å². The molecule has 2 rings (SSSR count). The zero-order valence-corrected chi connectivity index (χ0v) is 12.7. The van der Waals surface area contributed by atoms with Crippen molar-refractivity contribution in [2.24, 2.45) is 5.41 Å². The molecule has 0 amide bonds. The van der Waals surface area contributed by atoms with Gasteiger partial charge in [-0.3, -0.25) is 0 Å². The highest BCUT2D eigenvalue weighted by atomic mass is 79.9. The molecule has 1 fully saturated rings. The van der Waals surface area contributed by atoms with E-state index in [0.717, 1.165) is 12.1 Å². The molecule has 0 saturated heterocycles. The molecule has 1 saturated carbocycles. The van der Waals surface area contributed by atoms with Crippen LogP contribution < -0.4 is 5.32 Å². The van der Waals surface area contributed by atoms with E-state index in [1.54, 1.807) is 0 Å². The van der Waals surface area contributed by atoms with Crippen LogP contribution in [0.1, 0.15) is 51.1 Å². The lowest BCUT2D eigenvalue weighted by Gasteiger charge is -2.42. The van der Waals surface area contributed by atoms with Crippen LogP contribution in [0.2, 0.25) is 0 Å². The van der Waals surface area contributed by atoms with E-state index in [1.807, 2.05) is 12.1 Å². The van der Waals surface area contributed by atoms with Crippen molar-refractivity contribution in [1.29, 1.82) is 0 Å². The van der Waals surface area contributed by atoms with Crippen LogP contribution in [0.25, 0.3) is 0 Å². The van der Waals surface area contributed by atoms with E-state index < -0.39 is 0 Å². The van der Waals surface area contributed by atoms with Crippen LogP contribution in [0, 0.1) is 11.2 Å². The van der Waals surface area contributed by atoms with Gasteiger partial charge in [0.15, 0.2) is 0 Å². The van der Waals surface area contributed by atoms with Gasteiger partial charge in [-0.15, -0.1) is 0 Å². The lowest BCUT2D eigenvalue weighted by atomic mass is 9.67. The maximum atomic E-state index is 13.2. The zero-order chi connectivity index (χ0) is 13.2. The first-order valence-electron chi connectivity index (χ1n) is 6.75. The van der Waals surface area contributed by atoms with Gasteiger partial charge >= 0.3 is 0 Å². The number of rotatable bonds is 5. The maximum Gasteiger partial charge on any atom is 0.137 e. The van der Waals surface area contributed by atoms with Gasteiger partial charge in [-0.05, 0) is 65.2 Å². The van der Waals surface area contributed by atoms with Gasteiger partial charge in [0.1, 0.15) is 5.82 Å². The van der Waals surface area contributed by atoms with Crippen LogP contribution in [0.15, 0.2) is 22.7 Å². The summed E-state index contributed by atoms with van der Waals surface area (Å²) in [7, 11) is 0. The molecule has 0 bridgehead atoms. The lowest BCUT2D eigenvalue weighted by Crippen LogP contribution is -2.40. The van der Waals surface area contributed by atoms with Gasteiger partial charge in [0.25, 0.3) is 0 Å². The van der Waals surface area contributed by atoms with E-state index in [2.05, 4.69) is 35.1 Å². The van der Waals surface area contributed by atoms with Crippen molar-refractivity contribution in [3.8, 4) is 0 Å². The fourth-order valence-electron chi connectivity index (χ4n) is 2.60. The fraction of sp³-hybridized carbons (Fsp3) is 0.600. The SMILES string of the molecule is CCC1(CNC(C)c2ccc(F)c(Br)c2)CCC1. The van der Waals surface area contributed by atoms with Crippen LogP contribution in [0.3, 0.4) is 0 Å². The lowest BCUT2D eigenvalue weighted by molar-refractivity contribution is 0.120. The largest absolute Gasteiger partial charge is 0.310 e. The van der Waals surface area contributed by atoms with Crippen molar-refractivity contribution >= 4 is 15.9 Å². The number of hydrogen-bond donors (Lipinski definition) is 1. The van der Waals surface area contributed by atoms with Crippen LogP contribution in [-0.2, 0) is 0 Å². The quantitative estimate of drug-likeness (QED) is 0.821. The monoisotopic (exact) mass is 313 g/mol. The summed E-state index contributed by atoms with van der Waals surface area (Å²) >= 11 is 3.24. The van der Waals surface area contributed by atoms with Crippen molar-refractivity contribution < 1.29 is 4.39 Å². The Bertz CT molecular complexity index is 409. The van der Waals surface area contributed by atoms with Crippen LogP contribution >= 0.6 is 15.9 Å². The highest BCUT2D eigenvalue weighted by Gasteiger charge is 2.34. The molecular weight excluding hydrogens is 293 g/mol. The minimum absolute atomic E-state index is 0.199. The molecule has 1 N–H and O–H groups in total. The molecule has 1 atom stereocenters. The van der Waals surface area contributed by atoms with Gasteiger partial charge in [0, 0.05) is 12.6 Å². The standard InChI is InChI=1S/C15H21BrFN/c1-3-15(7-4-8-15)10-18-11(2)12-5-6-14(17)13(16)9-12/h5-6,9,11,18H,3-4,7-8,10H2,1-2H3.